The van der Waals surface area contributed by atoms with Crippen LogP contribution in [-0.2, 0) is 0 Å². The summed E-state index contributed by atoms with van der Waals surface area (Å²) >= 11 is 0. The van der Waals surface area contributed by atoms with Crippen LogP contribution in [0.1, 0.15) is 17.3 Å². The first-order valence-corrected chi connectivity index (χ1v) is 3.22. The third-order valence-electron chi connectivity index (χ3n) is 1.42. The van der Waals surface area contributed by atoms with Crippen LogP contribution in [0.25, 0.3) is 0 Å². The van der Waals surface area contributed by atoms with Gasteiger partial charge in [-0.05, 0) is 19.1 Å². The smallest absolute Gasteiger partial charge is 0.178 e. The van der Waals surface area contributed by atoms with Gasteiger partial charge in [-0.1, -0.05) is 0 Å². The molecule has 0 saturated heterocycles. The Bertz CT molecular complexity index is 334. The van der Waals surface area contributed by atoms with Gasteiger partial charge in [0.25, 0.3) is 0 Å². The van der Waals surface area contributed by atoms with Crippen LogP contribution >= 0.6 is 0 Å². The fraction of sp³-hybridized carbons (Fsp3) is 0.125. The topological polar surface area (TPSA) is 37.3 Å². The van der Waals surface area contributed by atoms with Crippen molar-refractivity contribution in [1.82, 2.24) is 0 Å². The van der Waals surface area contributed by atoms with E-state index in [2.05, 4.69) is 0 Å². The van der Waals surface area contributed by atoms with Crippen LogP contribution in [-0.4, -0.2) is 10.9 Å². The van der Waals surface area contributed by atoms with Gasteiger partial charge in [-0.25, -0.2) is 8.78 Å². The van der Waals surface area contributed by atoms with Crippen LogP contribution in [0.15, 0.2) is 12.1 Å². The minimum absolute atomic E-state index is 0.699. The lowest BCUT2D eigenvalue weighted by Gasteiger charge is -2.01. The lowest BCUT2D eigenvalue weighted by Crippen LogP contribution is -2.01. The molecular weight excluding hydrogens is 166 g/mol. The molecular formula is C8H6F2O2. The molecule has 0 aliphatic carbocycles. The number of ketones is 1. The number of rotatable bonds is 1. The largest absolute Gasteiger partial charge is 0.505 e. The van der Waals surface area contributed by atoms with E-state index in [1.54, 1.807) is 0 Å². The molecule has 1 rings (SSSR count). The van der Waals surface area contributed by atoms with Crippen molar-refractivity contribution in [2.24, 2.45) is 0 Å². The van der Waals surface area contributed by atoms with E-state index in [9.17, 15) is 13.6 Å². The average molecular weight is 172 g/mol. The van der Waals surface area contributed by atoms with Gasteiger partial charge in [0.1, 0.15) is 5.82 Å². The van der Waals surface area contributed by atoms with Gasteiger partial charge < -0.3 is 5.11 Å². The molecule has 0 aliphatic rings. The van der Waals surface area contributed by atoms with Crippen molar-refractivity contribution in [3.63, 3.8) is 0 Å². The zero-order valence-electron chi connectivity index (χ0n) is 6.27. The number of hydrogen-bond acceptors (Lipinski definition) is 2. The number of hydrogen-bond donors (Lipinski definition) is 1. The molecule has 0 bridgehead atoms. The zero-order chi connectivity index (χ0) is 9.30. The summed E-state index contributed by atoms with van der Waals surface area (Å²) in [6.07, 6.45) is 0. The highest BCUT2D eigenvalue weighted by Gasteiger charge is 2.16. The van der Waals surface area contributed by atoms with Gasteiger partial charge in [0.15, 0.2) is 17.3 Å². The van der Waals surface area contributed by atoms with Crippen LogP contribution < -0.4 is 0 Å². The second kappa shape index (κ2) is 2.89. The summed E-state index contributed by atoms with van der Waals surface area (Å²) in [7, 11) is 0. The summed E-state index contributed by atoms with van der Waals surface area (Å²) in [5.41, 5.74) is -0.699. The Labute approximate surface area is 67.4 Å². The Morgan fingerprint density at radius 1 is 1.42 bits per heavy atom. The number of carbonyl (C=O) groups is 1. The maximum Gasteiger partial charge on any atom is 0.178 e. The van der Waals surface area contributed by atoms with E-state index in [-0.39, 0.29) is 0 Å². The number of carbonyl (C=O) groups excluding carboxylic acids is 1. The maximum atomic E-state index is 12.8. The van der Waals surface area contributed by atoms with Gasteiger partial charge >= 0.3 is 0 Å². The van der Waals surface area contributed by atoms with Crippen LogP contribution in [0.2, 0.25) is 0 Å². The van der Waals surface area contributed by atoms with E-state index < -0.39 is 28.7 Å². The zero-order valence-corrected chi connectivity index (χ0v) is 6.27. The highest BCUT2D eigenvalue weighted by Crippen LogP contribution is 2.21. The summed E-state index contributed by atoms with van der Waals surface area (Å²) in [5.74, 6) is -3.64. The van der Waals surface area contributed by atoms with Gasteiger partial charge in [0.05, 0.1) is 5.56 Å². The molecule has 0 unspecified atom stereocenters. The lowest BCUT2D eigenvalue weighted by molar-refractivity contribution is 0.100. The van der Waals surface area contributed by atoms with Crippen molar-refractivity contribution in [3.8, 4) is 5.75 Å². The maximum absolute atomic E-state index is 12.8. The SMILES string of the molecule is CC(=O)c1c(F)ccc(O)c1F. The van der Waals surface area contributed by atoms with Gasteiger partial charge in [-0.15, -0.1) is 0 Å². The predicted molar refractivity (Wildman–Crippen MR) is 38.0 cm³/mol. The number of Topliss-reactive ketones (excluding diaryl/α,β-unsaturated/α-hetero) is 1. The third kappa shape index (κ3) is 1.28. The Morgan fingerprint density at radius 2 is 2.00 bits per heavy atom. The summed E-state index contributed by atoms with van der Waals surface area (Å²) in [6.45, 7) is 1.03. The summed E-state index contributed by atoms with van der Waals surface area (Å²) < 4.78 is 25.5. The lowest BCUT2D eigenvalue weighted by atomic mass is 10.1. The quantitative estimate of drug-likeness (QED) is 0.656. The van der Waals surface area contributed by atoms with E-state index in [4.69, 9.17) is 5.11 Å². The molecule has 0 amide bonds. The van der Waals surface area contributed by atoms with Crippen molar-refractivity contribution < 1.29 is 18.7 Å². The summed E-state index contributed by atoms with van der Waals surface area (Å²) in [5, 5.41) is 8.78. The molecule has 64 valence electrons. The molecule has 1 aromatic carbocycles. The fourth-order valence-electron chi connectivity index (χ4n) is 0.864. The Balaban J connectivity index is 3.43. The highest BCUT2D eigenvalue weighted by molar-refractivity contribution is 5.95. The van der Waals surface area contributed by atoms with Crippen LogP contribution in [0, 0.1) is 11.6 Å². The normalized spacial score (nSPS) is 9.92. The molecule has 12 heavy (non-hydrogen) atoms. The van der Waals surface area contributed by atoms with Gasteiger partial charge in [-0.2, -0.15) is 0 Å². The van der Waals surface area contributed by atoms with Gasteiger partial charge in [-0.3, -0.25) is 4.79 Å². The highest BCUT2D eigenvalue weighted by atomic mass is 19.1. The Morgan fingerprint density at radius 3 is 2.42 bits per heavy atom. The molecule has 2 nitrogen and oxygen atoms in total. The Kier molecular flexibility index (Phi) is 2.08. The summed E-state index contributed by atoms with van der Waals surface area (Å²) in [4.78, 5) is 10.6. The molecule has 0 aliphatic heterocycles. The standard InChI is InChI=1S/C8H6F2O2/c1-4(11)7-5(9)2-3-6(12)8(7)10/h2-3,12H,1H3. The second-order valence-corrected chi connectivity index (χ2v) is 2.31. The van der Waals surface area contributed by atoms with Gasteiger partial charge in [0, 0.05) is 0 Å². The first-order valence-electron chi connectivity index (χ1n) is 3.22. The molecule has 0 atom stereocenters. The van der Waals surface area contributed by atoms with E-state index in [0.717, 1.165) is 19.1 Å². The number of benzene rings is 1. The molecule has 1 N–H and O–H groups in total. The number of halogens is 2. The van der Waals surface area contributed by atoms with Crippen molar-refractivity contribution in [2.75, 3.05) is 0 Å². The molecule has 0 radical (unpaired) electrons. The molecule has 1 aromatic rings. The number of phenols is 1. The van der Waals surface area contributed by atoms with E-state index in [1.165, 1.54) is 0 Å². The predicted octanol–water partition coefficient (Wildman–Crippen LogP) is 1.87. The number of phenolic OH excluding ortho intramolecular Hbond substituents is 1. The van der Waals surface area contributed by atoms with Crippen LogP contribution in [0.5, 0.6) is 5.75 Å². The average Bonchev–Trinajstić information content (AvgIpc) is 1.97. The molecule has 4 heteroatoms. The number of aromatic hydroxyl groups is 1. The molecule has 0 heterocycles. The summed E-state index contributed by atoms with van der Waals surface area (Å²) in [6, 6.07) is 1.70. The van der Waals surface area contributed by atoms with E-state index in [1.807, 2.05) is 0 Å². The van der Waals surface area contributed by atoms with Crippen molar-refractivity contribution >= 4 is 5.78 Å². The Hall–Kier alpha value is -1.45. The minimum atomic E-state index is -1.21. The molecule has 0 fully saturated rings. The minimum Gasteiger partial charge on any atom is -0.505 e. The third-order valence-corrected chi connectivity index (χ3v) is 1.42. The monoisotopic (exact) mass is 172 g/mol. The van der Waals surface area contributed by atoms with Crippen molar-refractivity contribution in [1.29, 1.82) is 0 Å². The molecule has 0 spiro atoms. The van der Waals surface area contributed by atoms with Crippen LogP contribution in [0.4, 0.5) is 8.78 Å². The molecule has 0 aromatic heterocycles. The van der Waals surface area contributed by atoms with E-state index in [0.29, 0.717) is 0 Å². The van der Waals surface area contributed by atoms with Crippen molar-refractivity contribution in [3.05, 3.63) is 29.3 Å². The van der Waals surface area contributed by atoms with Gasteiger partial charge in [0.2, 0.25) is 0 Å². The first kappa shape index (κ1) is 8.64. The second-order valence-electron chi connectivity index (χ2n) is 2.31. The van der Waals surface area contributed by atoms with Crippen molar-refractivity contribution in [2.45, 2.75) is 6.92 Å². The first-order chi connectivity index (χ1) is 5.54. The van der Waals surface area contributed by atoms with E-state index >= 15 is 0 Å². The molecule has 0 saturated carbocycles. The van der Waals surface area contributed by atoms with Crippen LogP contribution in [0.3, 0.4) is 0 Å². The fourth-order valence-corrected chi connectivity index (χ4v) is 0.864.